The van der Waals surface area contributed by atoms with Gasteiger partial charge in [0.15, 0.2) is 0 Å². The van der Waals surface area contributed by atoms with Gasteiger partial charge in [0.1, 0.15) is 11.5 Å². The van der Waals surface area contributed by atoms with Gasteiger partial charge in [0.2, 0.25) is 15.9 Å². The lowest BCUT2D eigenvalue weighted by Gasteiger charge is -2.38. The Labute approximate surface area is 243 Å². The summed E-state index contributed by atoms with van der Waals surface area (Å²) in [5, 5.41) is 6.61. The number of carboxylic acids is 1. The van der Waals surface area contributed by atoms with Gasteiger partial charge in [0, 0.05) is 51.3 Å². The summed E-state index contributed by atoms with van der Waals surface area (Å²) < 4.78 is 70.0. The van der Waals surface area contributed by atoms with Gasteiger partial charge in [-0.1, -0.05) is 30.3 Å². The number of carbonyl (C=O) groups is 2. The number of aliphatic carboxylic acids is 1. The van der Waals surface area contributed by atoms with E-state index in [2.05, 4.69) is 4.90 Å². The lowest BCUT2D eigenvalue weighted by molar-refractivity contribution is -0.192. The number of nitrogens with zero attached hydrogens (tertiary/aromatic N) is 3. The maximum Gasteiger partial charge on any atom is 0.490 e. The number of amides is 1. The number of piperazine rings is 1. The first-order chi connectivity index (χ1) is 19.7. The minimum Gasteiger partial charge on any atom is -0.497 e. The largest absolute Gasteiger partial charge is 0.497 e. The number of sulfonamides is 1. The van der Waals surface area contributed by atoms with Gasteiger partial charge in [-0.15, -0.1) is 0 Å². The Balaban J connectivity index is 0.000000616. The van der Waals surface area contributed by atoms with Crippen LogP contribution in [0.5, 0.6) is 11.5 Å². The van der Waals surface area contributed by atoms with Crippen LogP contribution in [0.1, 0.15) is 25.3 Å². The van der Waals surface area contributed by atoms with Crippen molar-refractivity contribution >= 4 is 27.6 Å². The van der Waals surface area contributed by atoms with Gasteiger partial charge in [-0.25, -0.2) is 17.5 Å². The standard InChI is InChI=1S/C26H35N3O5S.C2HF3O2/c1-19(2)35(31,32)29-17-22(20-8-6-5-7-9-20)23(18-29)26(30)28-14-12-27(13-15-28)24-16-21(33-3)10-11-25(24)34-4;3-2(4,5)1(6)7/h5-11,16,19,22-23H,12-15,17-18H2,1-4H3;(H,6,7)/t22-,23+;/m0./s1. The molecule has 1 amide bonds. The van der Waals surface area contributed by atoms with Crippen LogP contribution in [0.2, 0.25) is 0 Å². The summed E-state index contributed by atoms with van der Waals surface area (Å²) in [6, 6.07) is 15.5. The first-order valence-electron chi connectivity index (χ1n) is 13.3. The van der Waals surface area contributed by atoms with Gasteiger partial charge in [0.25, 0.3) is 0 Å². The fourth-order valence-electron chi connectivity index (χ4n) is 5.01. The highest BCUT2D eigenvalue weighted by Crippen LogP contribution is 2.37. The summed E-state index contributed by atoms with van der Waals surface area (Å²) in [6.07, 6.45) is -5.08. The molecule has 42 heavy (non-hydrogen) atoms. The lowest BCUT2D eigenvalue weighted by atomic mass is 9.88. The number of benzene rings is 2. The van der Waals surface area contributed by atoms with Crippen molar-refractivity contribution in [1.82, 2.24) is 9.21 Å². The first-order valence-corrected chi connectivity index (χ1v) is 14.8. The summed E-state index contributed by atoms with van der Waals surface area (Å²) >= 11 is 0. The number of alkyl halides is 3. The second-order valence-electron chi connectivity index (χ2n) is 10.2. The van der Waals surface area contributed by atoms with Crippen LogP contribution < -0.4 is 14.4 Å². The molecule has 2 aliphatic rings. The summed E-state index contributed by atoms with van der Waals surface area (Å²) in [5.74, 6) is -1.77. The molecule has 2 heterocycles. The van der Waals surface area contributed by atoms with Crippen molar-refractivity contribution < 1.29 is 45.8 Å². The predicted octanol–water partition coefficient (Wildman–Crippen LogP) is 3.44. The molecule has 232 valence electrons. The normalized spacial score (nSPS) is 19.7. The fourth-order valence-corrected chi connectivity index (χ4v) is 6.34. The highest BCUT2D eigenvalue weighted by atomic mass is 32.2. The molecule has 2 saturated heterocycles. The lowest BCUT2D eigenvalue weighted by Crippen LogP contribution is -2.51. The van der Waals surface area contributed by atoms with Gasteiger partial charge in [-0.3, -0.25) is 4.79 Å². The third-order valence-corrected chi connectivity index (χ3v) is 9.56. The van der Waals surface area contributed by atoms with E-state index >= 15 is 0 Å². The number of hydrogen-bond donors (Lipinski definition) is 1. The molecule has 10 nitrogen and oxygen atoms in total. The van der Waals surface area contributed by atoms with Gasteiger partial charge < -0.3 is 24.4 Å². The molecule has 2 aromatic carbocycles. The monoisotopic (exact) mass is 615 g/mol. The van der Waals surface area contributed by atoms with Crippen LogP contribution in [0, 0.1) is 5.92 Å². The molecule has 14 heteroatoms. The van der Waals surface area contributed by atoms with Crippen LogP contribution in [-0.4, -0.2) is 99.5 Å². The third-order valence-electron chi connectivity index (χ3n) is 7.35. The van der Waals surface area contributed by atoms with Crippen molar-refractivity contribution in [1.29, 1.82) is 0 Å². The molecule has 4 rings (SSSR count). The molecule has 0 saturated carbocycles. The number of carboxylic acid groups (broad SMARTS) is 1. The zero-order valence-electron chi connectivity index (χ0n) is 23.9. The zero-order valence-corrected chi connectivity index (χ0v) is 24.7. The van der Waals surface area contributed by atoms with E-state index in [1.807, 2.05) is 53.4 Å². The number of ether oxygens (including phenoxy) is 2. The molecule has 2 atom stereocenters. The number of halogens is 3. The van der Waals surface area contributed by atoms with E-state index in [0.29, 0.717) is 32.7 Å². The maximum atomic E-state index is 13.7. The highest BCUT2D eigenvalue weighted by molar-refractivity contribution is 7.89. The molecule has 0 radical (unpaired) electrons. The van der Waals surface area contributed by atoms with Crippen molar-refractivity contribution in [2.45, 2.75) is 31.2 Å². The van der Waals surface area contributed by atoms with Crippen molar-refractivity contribution in [2.24, 2.45) is 5.92 Å². The fraction of sp³-hybridized carbons (Fsp3) is 0.500. The highest BCUT2D eigenvalue weighted by Gasteiger charge is 2.45. The van der Waals surface area contributed by atoms with Crippen LogP contribution in [-0.2, 0) is 19.6 Å². The van der Waals surface area contributed by atoms with E-state index < -0.39 is 33.3 Å². The van der Waals surface area contributed by atoms with Gasteiger partial charge in [-0.05, 0) is 31.5 Å². The molecule has 0 aliphatic carbocycles. The first kappa shape index (κ1) is 33.0. The number of hydrogen-bond acceptors (Lipinski definition) is 7. The number of methoxy groups -OCH3 is 2. The minimum absolute atomic E-state index is 0.0255. The Morgan fingerprint density at radius 1 is 0.952 bits per heavy atom. The van der Waals surface area contributed by atoms with Crippen LogP contribution in [0.15, 0.2) is 48.5 Å². The molecular formula is C28H36F3N3O7S. The third kappa shape index (κ3) is 7.65. The van der Waals surface area contributed by atoms with E-state index in [4.69, 9.17) is 19.4 Å². The molecule has 2 fully saturated rings. The molecule has 0 bridgehead atoms. The summed E-state index contributed by atoms with van der Waals surface area (Å²) in [4.78, 5) is 26.7. The van der Waals surface area contributed by atoms with E-state index in [0.717, 1.165) is 22.7 Å². The van der Waals surface area contributed by atoms with Gasteiger partial charge in [0.05, 0.1) is 31.1 Å². The molecule has 0 unspecified atom stereocenters. The topological polar surface area (TPSA) is 117 Å². The second-order valence-corrected chi connectivity index (χ2v) is 12.7. The Morgan fingerprint density at radius 2 is 1.55 bits per heavy atom. The summed E-state index contributed by atoms with van der Waals surface area (Å²) in [6.45, 7) is 6.38. The second kappa shape index (κ2) is 13.6. The quantitative estimate of drug-likeness (QED) is 0.504. The van der Waals surface area contributed by atoms with Crippen LogP contribution in [0.3, 0.4) is 0 Å². The van der Waals surface area contributed by atoms with Crippen molar-refractivity contribution in [3.8, 4) is 11.5 Å². The number of anilines is 1. The van der Waals surface area contributed by atoms with Crippen molar-refractivity contribution in [3.63, 3.8) is 0 Å². The van der Waals surface area contributed by atoms with E-state index in [-0.39, 0.29) is 18.4 Å². The Bertz CT molecular complexity index is 1330. The Kier molecular flexibility index (Phi) is 10.7. The van der Waals surface area contributed by atoms with Crippen LogP contribution >= 0.6 is 0 Å². The summed E-state index contributed by atoms with van der Waals surface area (Å²) in [7, 11) is -0.166. The number of rotatable bonds is 7. The van der Waals surface area contributed by atoms with Crippen molar-refractivity contribution in [3.05, 3.63) is 54.1 Å². The van der Waals surface area contributed by atoms with Gasteiger partial charge >= 0.3 is 12.1 Å². The summed E-state index contributed by atoms with van der Waals surface area (Å²) in [5.41, 5.74) is 1.95. The zero-order chi connectivity index (χ0) is 31.2. The van der Waals surface area contributed by atoms with E-state index in [1.54, 1.807) is 28.1 Å². The smallest absolute Gasteiger partial charge is 0.490 e. The maximum absolute atomic E-state index is 13.7. The molecule has 0 aromatic heterocycles. The molecule has 1 N–H and O–H groups in total. The van der Waals surface area contributed by atoms with E-state index in [9.17, 15) is 26.4 Å². The Hall–Kier alpha value is -3.52. The predicted molar refractivity (Wildman–Crippen MR) is 150 cm³/mol. The van der Waals surface area contributed by atoms with Gasteiger partial charge in [-0.2, -0.15) is 13.2 Å². The Morgan fingerprint density at radius 3 is 2.05 bits per heavy atom. The van der Waals surface area contributed by atoms with Crippen LogP contribution in [0.4, 0.5) is 18.9 Å². The molecule has 2 aliphatic heterocycles. The molecule has 0 spiro atoms. The van der Waals surface area contributed by atoms with E-state index in [1.165, 1.54) is 4.31 Å². The van der Waals surface area contributed by atoms with Crippen LogP contribution in [0.25, 0.3) is 0 Å². The SMILES string of the molecule is COc1ccc(OC)c(N2CCN(C(=O)[C@@H]3CN(S(=O)(=O)C(C)C)C[C@H]3c3ccccc3)CC2)c1.O=C(O)C(F)(F)F. The molecular weight excluding hydrogens is 579 g/mol. The average Bonchev–Trinajstić information content (AvgIpc) is 3.43. The number of carbonyl (C=O) groups excluding carboxylic acids is 1. The average molecular weight is 616 g/mol. The van der Waals surface area contributed by atoms with Crippen molar-refractivity contribution in [2.75, 3.05) is 58.4 Å². The minimum atomic E-state index is -5.08. The molecule has 2 aromatic rings.